The molecule has 2 aromatic carbocycles. The van der Waals surface area contributed by atoms with Crippen molar-refractivity contribution in [1.82, 2.24) is 10.3 Å². The number of aryl methyl sites for hydroxylation is 2. The van der Waals surface area contributed by atoms with Crippen LogP contribution in [0.4, 0.5) is 0 Å². The number of rotatable bonds is 4. The first kappa shape index (κ1) is 14.9. The summed E-state index contributed by atoms with van der Waals surface area (Å²) in [5.74, 6) is 0.675. The summed E-state index contributed by atoms with van der Waals surface area (Å²) in [6, 6.07) is 16.2. The van der Waals surface area contributed by atoms with Crippen molar-refractivity contribution >= 4 is 17.0 Å². The fraction of sp³-hybridized carbons (Fsp3) is 0.300. The summed E-state index contributed by atoms with van der Waals surface area (Å²) in [5, 5.41) is 3.17. The number of carbonyl (C=O) groups is 1. The number of nitrogens with one attached hydrogen (secondary N) is 1. The number of carbonyl (C=O) groups excluding carboxylic acids is 1. The summed E-state index contributed by atoms with van der Waals surface area (Å²) in [5.41, 5.74) is 4.23. The first-order valence-corrected chi connectivity index (χ1v) is 8.51. The predicted molar refractivity (Wildman–Crippen MR) is 92.6 cm³/mol. The third kappa shape index (κ3) is 3.04. The predicted octanol–water partition coefficient (Wildman–Crippen LogP) is 3.95. The van der Waals surface area contributed by atoms with Gasteiger partial charge in [-0.2, -0.15) is 0 Å². The maximum atomic E-state index is 12.3. The van der Waals surface area contributed by atoms with Crippen LogP contribution in [0, 0.1) is 0 Å². The Labute approximate surface area is 140 Å². The van der Waals surface area contributed by atoms with Crippen molar-refractivity contribution in [3.8, 4) is 0 Å². The number of aromatic nitrogens is 1. The number of oxazole rings is 1. The molecule has 0 radical (unpaired) electrons. The lowest BCUT2D eigenvalue weighted by molar-refractivity contribution is -0.122. The highest BCUT2D eigenvalue weighted by molar-refractivity contribution is 5.77. The second-order valence-electron chi connectivity index (χ2n) is 6.29. The van der Waals surface area contributed by atoms with E-state index in [1.807, 2.05) is 30.3 Å². The summed E-state index contributed by atoms with van der Waals surface area (Å²) >= 11 is 0. The Kier molecular flexibility index (Phi) is 4.03. The average Bonchev–Trinajstić information content (AvgIpc) is 3.03. The molecule has 122 valence electrons. The molecule has 3 aromatic rings. The maximum Gasteiger partial charge on any atom is 0.220 e. The molecule has 0 fully saturated rings. The molecule has 1 atom stereocenters. The van der Waals surface area contributed by atoms with Gasteiger partial charge < -0.3 is 9.73 Å². The molecular weight excluding hydrogens is 300 g/mol. The summed E-state index contributed by atoms with van der Waals surface area (Å²) in [6.07, 6.45) is 4.14. The third-order valence-electron chi connectivity index (χ3n) is 4.61. The second kappa shape index (κ2) is 6.48. The van der Waals surface area contributed by atoms with Crippen molar-refractivity contribution in [2.45, 2.75) is 38.1 Å². The van der Waals surface area contributed by atoms with Crippen molar-refractivity contribution in [3.63, 3.8) is 0 Å². The van der Waals surface area contributed by atoms with Crippen LogP contribution in [0.25, 0.3) is 11.1 Å². The number of hydrogen-bond donors (Lipinski definition) is 1. The topological polar surface area (TPSA) is 55.1 Å². The Morgan fingerprint density at radius 3 is 2.92 bits per heavy atom. The molecule has 1 aliphatic carbocycles. The van der Waals surface area contributed by atoms with Crippen molar-refractivity contribution in [2.24, 2.45) is 0 Å². The van der Waals surface area contributed by atoms with E-state index in [2.05, 4.69) is 28.5 Å². The van der Waals surface area contributed by atoms with Crippen LogP contribution < -0.4 is 5.32 Å². The van der Waals surface area contributed by atoms with Crippen molar-refractivity contribution < 1.29 is 9.21 Å². The van der Waals surface area contributed by atoms with Crippen LogP contribution in [0.15, 0.2) is 52.9 Å². The lowest BCUT2D eigenvalue weighted by Gasteiger charge is -2.26. The van der Waals surface area contributed by atoms with E-state index in [4.69, 9.17) is 4.42 Å². The summed E-state index contributed by atoms with van der Waals surface area (Å²) in [4.78, 5) is 16.7. The monoisotopic (exact) mass is 320 g/mol. The zero-order valence-corrected chi connectivity index (χ0v) is 13.5. The lowest BCUT2D eigenvalue weighted by Crippen LogP contribution is -2.31. The van der Waals surface area contributed by atoms with Crippen LogP contribution in [0.2, 0.25) is 0 Å². The molecule has 0 bridgehead atoms. The molecule has 1 aliphatic rings. The van der Waals surface area contributed by atoms with Gasteiger partial charge in [0.2, 0.25) is 5.91 Å². The van der Waals surface area contributed by atoms with E-state index >= 15 is 0 Å². The average molecular weight is 320 g/mol. The minimum Gasteiger partial charge on any atom is -0.441 e. The van der Waals surface area contributed by atoms with Gasteiger partial charge in [-0.15, -0.1) is 0 Å². The van der Waals surface area contributed by atoms with E-state index in [-0.39, 0.29) is 11.9 Å². The summed E-state index contributed by atoms with van der Waals surface area (Å²) in [7, 11) is 0. The van der Waals surface area contributed by atoms with Gasteiger partial charge >= 0.3 is 0 Å². The normalized spacial score (nSPS) is 16.8. The van der Waals surface area contributed by atoms with E-state index in [0.29, 0.717) is 18.7 Å². The van der Waals surface area contributed by atoms with Crippen molar-refractivity contribution in [1.29, 1.82) is 0 Å². The van der Waals surface area contributed by atoms with E-state index in [1.54, 1.807) is 0 Å². The molecule has 0 saturated heterocycles. The smallest absolute Gasteiger partial charge is 0.220 e. The van der Waals surface area contributed by atoms with E-state index < -0.39 is 0 Å². The van der Waals surface area contributed by atoms with Crippen LogP contribution >= 0.6 is 0 Å². The van der Waals surface area contributed by atoms with Crippen molar-refractivity contribution in [2.75, 3.05) is 0 Å². The zero-order chi connectivity index (χ0) is 16.4. The highest BCUT2D eigenvalue weighted by atomic mass is 16.3. The second-order valence-corrected chi connectivity index (χ2v) is 6.29. The molecule has 1 aromatic heterocycles. The zero-order valence-electron chi connectivity index (χ0n) is 13.5. The van der Waals surface area contributed by atoms with E-state index in [1.165, 1.54) is 11.1 Å². The van der Waals surface area contributed by atoms with Gasteiger partial charge in [-0.1, -0.05) is 36.4 Å². The van der Waals surface area contributed by atoms with Gasteiger partial charge in [0.15, 0.2) is 11.5 Å². The Balaban J connectivity index is 1.39. The number of hydrogen-bond acceptors (Lipinski definition) is 3. The molecule has 0 aliphatic heterocycles. The molecule has 0 spiro atoms. The molecule has 0 unspecified atom stereocenters. The molecule has 4 heteroatoms. The largest absolute Gasteiger partial charge is 0.441 e. The first-order chi connectivity index (χ1) is 11.8. The van der Waals surface area contributed by atoms with Crippen molar-refractivity contribution in [3.05, 3.63) is 65.5 Å². The standard InChI is InChI=1S/C20H20N2O2/c23-19(12-13-20-22-17-9-3-4-11-18(17)24-20)21-16-10-5-7-14-6-1-2-8-15(14)16/h1-4,6,8-9,11,16H,5,7,10,12-13H2,(H,21,23)/t16-/m1/s1. The molecule has 0 saturated carbocycles. The maximum absolute atomic E-state index is 12.3. The van der Waals surface area contributed by atoms with Crippen LogP contribution in [-0.2, 0) is 17.6 Å². The van der Waals surface area contributed by atoms with E-state index in [0.717, 1.165) is 30.4 Å². The van der Waals surface area contributed by atoms with Gasteiger partial charge in [0.25, 0.3) is 0 Å². The van der Waals surface area contributed by atoms with Gasteiger partial charge in [0, 0.05) is 12.8 Å². The fourth-order valence-electron chi connectivity index (χ4n) is 3.42. The van der Waals surface area contributed by atoms with Crippen LogP contribution in [0.5, 0.6) is 0 Å². The first-order valence-electron chi connectivity index (χ1n) is 8.51. The number of nitrogens with zero attached hydrogens (tertiary/aromatic N) is 1. The molecule has 24 heavy (non-hydrogen) atoms. The third-order valence-corrected chi connectivity index (χ3v) is 4.61. The highest BCUT2D eigenvalue weighted by Gasteiger charge is 2.21. The minimum absolute atomic E-state index is 0.0546. The Morgan fingerprint density at radius 2 is 2.00 bits per heavy atom. The molecular formula is C20H20N2O2. The van der Waals surface area contributed by atoms with Gasteiger partial charge in [0.05, 0.1) is 6.04 Å². The minimum atomic E-state index is 0.0546. The number of benzene rings is 2. The Bertz CT molecular complexity index is 836. The number of para-hydroxylation sites is 2. The molecule has 4 nitrogen and oxygen atoms in total. The number of amides is 1. The lowest BCUT2D eigenvalue weighted by atomic mass is 9.87. The Morgan fingerprint density at radius 1 is 1.17 bits per heavy atom. The number of fused-ring (bicyclic) bond motifs is 2. The SMILES string of the molecule is O=C(CCc1nc2ccccc2o1)N[C@@H]1CCCc2ccccc21. The summed E-state index contributed by atoms with van der Waals surface area (Å²) < 4.78 is 5.67. The van der Waals surface area contributed by atoms with Crippen LogP contribution in [0.1, 0.15) is 42.3 Å². The molecule has 1 heterocycles. The Hall–Kier alpha value is -2.62. The van der Waals surface area contributed by atoms with Gasteiger partial charge in [0.1, 0.15) is 5.52 Å². The van der Waals surface area contributed by atoms with E-state index in [9.17, 15) is 4.79 Å². The van der Waals surface area contributed by atoms with Gasteiger partial charge in [-0.25, -0.2) is 4.98 Å². The molecule has 4 rings (SSSR count). The van der Waals surface area contributed by atoms with Gasteiger partial charge in [-0.3, -0.25) is 4.79 Å². The van der Waals surface area contributed by atoms with Gasteiger partial charge in [-0.05, 0) is 42.5 Å². The quantitative estimate of drug-likeness (QED) is 0.792. The van der Waals surface area contributed by atoms with Crippen LogP contribution in [-0.4, -0.2) is 10.9 Å². The summed E-state index contributed by atoms with van der Waals surface area (Å²) in [6.45, 7) is 0. The highest BCUT2D eigenvalue weighted by Crippen LogP contribution is 2.29. The van der Waals surface area contributed by atoms with Crippen LogP contribution in [0.3, 0.4) is 0 Å². The molecule has 1 amide bonds. The molecule has 1 N–H and O–H groups in total. The fourth-order valence-corrected chi connectivity index (χ4v) is 3.42.